The van der Waals surface area contributed by atoms with Crippen molar-refractivity contribution in [1.29, 1.82) is 0 Å². The van der Waals surface area contributed by atoms with E-state index in [2.05, 4.69) is 158 Å². The molecule has 5 rings (SSSR count). The summed E-state index contributed by atoms with van der Waals surface area (Å²) in [7, 11) is 0. The van der Waals surface area contributed by atoms with Gasteiger partial charge >= 0.3 is 0 Å². The molecule has 0 N–H and O–H groups in total. The minimum absolute atomic E-state index is 0.615. The summed E-state index contributed by atoms with van der Waals surface area (Å²) in [5, 5.41) is 1.23. The highest BCUT2D eigenvalue weighted by Gasteiger charge is 2.32. The summed E-state index contributed by atoms with van der Waals surface area (Å²) in [5.41, 5.74) is 10.7. The predicted molar refractivity (Wildman–Crippen MR) is 240 cm³/mol. The highest BCUT2D eigenvalue weighted by molar-refractivity contribution is 6.55. The summed E-state index contributed by atoms with van der Waals surface area (Å²) < 4.78 is 4.44. The number of unbranched alkanes of at least 4 members (excludes halogenated alkanes) is 4. The first-order valence-corrected chi connectivity index (χ1v) is 21.0. The monoisotopic (exact) mass is 762 g/mol. The van der Waals surface area contributed by atoms with E-state index in [0.717, 1.165) is 60.4 Å². The summed E-state index contributed by atoms with van der Waals surface area (Å²) in [6.45, 7) is 17.5. The van der Waals surface area contributed by atoms with Gasteiger partial charge in [-0.2, -0.15) is 9.15 Å². The molecule has 4 nitrogen and oxygen atoms in total. The molecule has 0 fully saturated rings. The zero-order valence-corrected chi connectivity index (χ0v) is 34.9. The van der Waals surface area contributed by atoms with Gasteiger partial charge in [-0.05, 0) is 63.8 Å². The fourth-order valence-electron chi connectivity index (χ4n) is 6.87. The van der Waals surface area contributed by atoms with Gasteiger partial charge in [-0.1, -0.05) is 112 Å². The third-order valence-corrected chi connectivity index (χ3v) is 10.8. The number of benzene rings is 4. The number of anilines is 2. The van der Waals surface area contributed by atoms with Crippen molar-refractivity contribution in [1.82, 2.24) is 9.15 Å². The quantitative estimate of drug-likeness (QED) is 0.0739. The number of aryl methyl sites for hydroxylation is 2. The minimum atomic E-state index is 0.615. The van der Waals surface area contributed by atoms with E-state index in [9.17, 15) is 0 Å². The second-order valence-electron chi connectivity index (χ2n) is 14.5. The molecular weight excluding hydrogens is 703 g/mol. The van der Waals surface area contributed by atoms with Gasteiger partial charge in [0.2, 0.25) is 34.2 Å². The molecule has 4 aromatic carbocycles. The Balaban J connectivity index is 1.66. The molecule has 0 saturated heterocycles. The lowest BCUT2D eigenvalue weighted by atomic mass is 10.1. The molecule has 284 valence electrons. The van der Waals surface area contributed by atoms with Crippen LogP contribution in [0.4, 0.5) is 34.1 Å². The average Bonchev–Trinajstić information content (AvgIpc) is 3.19. The van der Waals surface area contributed by atoms with Gasteiger partial charge in [0.25, 0.3) is 0 Å². The molecule has 0 bridgehead atoms. The maximum absolute atomic E-state index is 7.41. The van der Waals surface area contributed by atoms with Gasteiger partial charge in [-0.3, -0.25) is 0 Å². The Kier molecular flexibility index (Phi) is 15.6. The second-order valence-corrected chi connectivity index (χ2v) is 15.3. The van der Waals surface area contributed by atoms with Crippen LogP contribution in [0.15, 0.2) is 119 Å². The average molecular weight is 764 g/mol. The van der Waals surface area contributed by atoms with Crippen molar-refractivity contribution in [3.05, 3.63) is 130 Å². The SMILES string of the molecule is CCCCN(CCCC)c1ccc([N+](=C2C=C(Cl)C(=[N+](c3ccc(C)cc3)c3ccc(C)cc3)C=C2Cl)c2ccc(N(CCCC)CCCC)cc2)cc1. The first kappa shape index (κ1) is 41.1. The zero-order chi connectivity index (χ0) is 38.5. The van der Waals surface area contributed by atoms with Gasteiger partial charge in [0.15, 0.2) is 0 Å². The number of nitrogens with zero attached hydrogens (tertiary/aromatic N) is 4. The lowest BCUT2D eigenvalue weighted by Crippen LogP contribution is -2.26. The van der Waals surface area contributed by atoms with Crippen molar-refractivity contribution in [2.24, 2.45) is 0 Å². The normalized spacial score (nSPS) is 12.7. The van der Waals surface area contributed by atoms with Crippen LogP contribution in [0.1, 0.15) is 90.2 Å². The molecule has 54 heavy (non-hydrogen) atoms. The van der Waals surface area contributed by atoms with Crippen LogP contribution in [-0.4, -0.2) is 37.6 Å². The van der Waals surface area contributed by atoms with E-state index in [1.165, 1.54) is 73.9 Å². The standard InChI is InChI=1S/C48H60Cl2N4/c1-7-11-31-51(32-12-8-2)39-23-27-43(28-24-39)54(44-29-25-40(26-30-44)52(33-13-9-3)34-14-10-4)48-36-45(49)47(35-46(48)50)53(41-19-15-37(5)16-20-41)42-21-17-38(6)18-22-42/h15-30,35-36H,7-14,31-34H2,1-6H3/q+2. The molecule has 1 aliphatic rings. The van der Waals surface area contributed by atoms with Crippen LogP contribution in [-0.2, 0) is 0 Å². The van der Waals surface area contributed by atoms with Gasteiger partial charge < -0.3 is 9.80 Å². The van der Waals surface area contributed by atoms with Crippen molar-refractivity contribution in [2.45, 2.75) is 92.9 Å². The van der Waals surface area contributed by atoms with Crippen molar-refractivity contribution in [2.75, 3.05) is 36.0 Å². The summed E-state index contributed by atoms with van der Waals surface area (Å²) in [5.74, 6) is 0. The Bertz CT molecular complexity index is 1790. The van der Waals surface area contributed by atoms with Crippen LogP contribution in [0.2, 0.25) is 0 Å². The van der Waals surface area contributed by atoms with Gasteiger partial charge in [0.05, 0.1) is 0 Å². The van der Waals surface area contributed by atoms with Crippen LogP contribution in [0.3, 0.4) is 0 Å². The molecule has 0 spiro atoms. The van der Waals surface area contributed by atoms with Gasteiger partial charge in [0, 0.05) is 98.2 Å². The van der Waals surface area contributed by atoms with Gasteiger partial charge in [-0.25, -0.2) is 0 Å². The first-order chi connectivity index (χ1) is 26.3. The molecule has 0 heterocycles. The van der Waals surface area contributed by atoms with Crippen molar-refractivity contribution >= 4 is 68.7 Å². The number of rotatable bonds is 18. The molecule has 0 aliphatic heterocycles. The van der Waals surface area contributed by atoms with E-state index in [1.807, 2.05) is 12.2 Å². The fourth-order valence-corrected chi connectivity index (χ4v) is 7.36. The Morgan fingerprint density at radius 1 is 0.407 bits per heavy atom. The highest BCUT2D eigenvalue weighted by atomic mass is 35.5. The Morgan fingerprint density at radius 2 is 0.667 bits per heavy atom. The summed E-state index contributed by atoms with van der Waals surface area (Å²) >= 11 is 14.8. The molecular formula is C48H60Cl2N4+2. The number of hydrogen-bond acceptors (Lipinski definition) is 2. The first-order valence-electron chi connectivity index (χ1n) is 20.2. The molecule has 0 amide bonds. The maximum Gasteiger partial charge on any atom is 0.232 e. The minimum Gasteiger partial charge on any atom is -0.372 e. The molecule has 0 saturated carbocycles. The van der Waals surface area contributed by atoms with E-state index in [0.29, 0.717) is 10.1 Å². The van der Waals surface area contributed by atoms with E-state index in [4.69, 9.17) is 23.2 Å². The number of halogens is 2. The molecule has 4 aromatic rings. The fraction of sp³-hybridized carbons (Fsp3) is 0.375. The smallest absolute Gasteiger partial charge is 0.232 e. The summed E-state index contributed by atoms with van der Waals surface area (Å²) in [6, 6.07) is 35.0. The second kappa shape index (κ2) is 20.5. The van der Waals surface area contributed by atoms with Crippen LogP contribution in [0, 0.1) is 13.8 Å². The van der Waals surface area contributed by atoms with Crippen molar-refractivity contribution in [3.8, 4) is 0 Å². The Morgan fingerprint density at radius 3 is 0.926 bits per heavy atom. The number of hydrogen-bond donors (Lipinski definition) is 0. The van der Waals surface area contributed by atoms with Crippen LogP contribution in [0.5, 0.6) is 0 Å². The predicted octanol–water partition coefficient (Wildman–Crippen LogP) is 13.6. The largest absolute Gasteiger partial charge is 0.372 e. The van der Waals surface area contributed by atoms with Crippen LogP contribution < -0.4 is 19.0 Å². The summed E-state index contributed by atoms with van der Waals surface area (Å²) in [4.78, 5) is 5.06. The zero-order valence-electron chi connectivity index (χ0n) is 33.4. The van der Waals surface area contributed by atoms with Crippen molar-refractivity contribution < 1.29 is 0 Å². The molecule has 0 atom stereocenters. The molecule has 0 radical (unpaired) electrons. The van der Waals surface area contributed by atoms with E-state index in [1.54, 1.807) is 0 Å². The lowest BCUT2D eigenvalue weighted by Gasteiger charge is -2.25. The highest BCUT2D eigenvalue weighted by Crippen LogP contribution is 2.32. The van der Waals surface area contributed by atoms with Crippen molar-refractivity contribution in [3.63, 3.8) is 0 Å². The summed E-state index contributed by atoms with van der Waals surface area (Å²) in [6.07, 6.45) is 13.5. The maximum atomic E-state index is 7.41. The third-order valence-electron chi connectivity index (χ3n) is 10.2. The Hall–Kier alpha value is -4.12. The van der Waals surface area contributed by atoms with E-state index < -0.39 is 0 Å². The molecule has 1 aliphatic carbocycles. The van der Waals surface area contributed by atoms with Gasteiger partial charge in [-0.15, -0.1) is 0 Å². The van der Waals surface area contributed by atoms with E-state index in [-0.39, 0.29) is 0 Å². The lowest BCUT2D eigenvalue weighted by molar-refractivity contribution is 0.678. The Labute approximate surface area is 335 Å². The van der Waals surface area contributed by atoms with Crippen LogP contribution >= 0.6 is 23.2 Å². The van der Waals surface area contributed by atoms with E-state index >= 15 is 0 Å². The third kappa shape index (κ3) is 10.5. The topological polar surface area (TPSA) is 12.5 Å². The van der Waals surface area contributed by atoms with Crippen LogP contribution in [0.25, 0.3) is 0 Å². The molecule has 0 unspecified atom stereocenters. The van der Waals surface area contributed by atoms with Gasteiger partial charge in [0.1, 0.15) is 10.1 Å². The number of allylic oxidation sites excluding steroid dienone is 4. The molecule has 6 heteroatoms. The molecule has 0 aromatic heterocycles.